The lowest BCUT2D eigenvalue weighted by Crippen LogP contribution is -2.30. The molecule has 19 heavy (non-hydrogen) atoms. The standard InChI is InChI=1S/C11H14BrFN2O3S/c12-8-3-9(13)11(4-10(8)14)19(16,17)15-5-7-1-2-18-6-7/h3-4,7,15H,1-2,5-6,14H2. The van der Waals surface area contributed by atoms with Gasteiger partial charge in [0.05, 0.1) is 6.61 Å². The van der Waals surface area contributed by atoms with Gasteiger partial charge in [-0.3, -0.25) is 0 Å². The maximum absolute atomic E-state index is 13.7. The van der Waals surface area contributed by atoms with Crippen LogP contribution in [0.5, 0.6) is 0 Å². The highest BCUT2D eigenvalue weighted by molar-refractivity contribution is 9.10. The Kier molecular flexibility index (Phi) is 4.44. The Hall–Kier alpha value is -0.700. The summed E-state index contributed by atoms with van der Waals surface area (Å²) in [5.41, 5.74) is 5.75. The van der Waals surface area contributed by atoms with Crippen molar-refractivity contribution in [3.63, 3.8) is 0 Å². The number of nitrogen functional groups attached to an aromatic ring is 1. The number of nitrogens with two attached hydrogens (primary N) is 1. The summed E-state index contributed by atoms with van der Waals surface area (Å²) in [6.07, 6.45) is 0.799. The zero-order chi connectivity index (χ0) is 14.0. The van der Waals surface area contributed by atoms with Crippen LogP contribution in [-0.4, -0.2) is 28.2 Å². The van der Waals surface area contributed by atoms with Gasteiger partial charge in [0.1, 0.15) is 10.7 Å². The van der Waals surface area contributed by atoms with Gasteiger partial charge in [-0.05, 0) is 40.4 Å². The summed E-state index contributed by atoms with van der Waals surface area (Å²) in [6, 6.07) is 2.15. The first-order valence-electron chi connectivity index (χ1n) is 5.72. The molecule has 0 aliphatic carbocycles. The summed E-state index contributed by atoms with van der Waals surface area (Å²) >= 11 is 3.04. The molecule has 1 unspecified atom stereocenters. The Balaban J connectivity index is 2.16. The van der Waals surface area contributed by atoms with Gasteiger partial charge in [0.15, 0.2) is 0 Å². The molecular formula is C11H14BrFN2O3S. The lowest BCUT2D eigenvalue weighted by Gasteiger charge is -2.11. The number of rotatable bonds is 4. The van der Waals surface area contributed by atoms with Crippen LogP contribution in [0.4, 0.5) is 10.1 Å². The minimum absolute atomic E-state index is 0.130. The topological polar surface area (TPSA) is 81.4 Å². The van der Waals surface area contributed by atoms with Crippen molar-refractivity contribution in [2.75, 3.05) is 25.5 Å². The molecule has 1 aliphatic heterocycles. The summed E-state index contributed by atoms with van der Waals surface area (Å²) in [4.78, 5) is -0.438. The van der Waals surface area contributed by atoms with Gasteiger partial charge in [-0.2, -0.15) is 0 Å². The van der Waals surface area contributed by atoms with E-state index in [-0.39, 0.29) is 18.2 Å². The van der Waals surface area contributed by atoms with Crippen LogP contribution in [-0.2, 0) is 14.8 Å². The van der Waals surface area contributed by atoms with Crippen LogP contribution in [0.3, 0.4) is 0 Å². The van der Waals surface area contributed by atoms with Crippen LogP contribution in [0.2, 0.25) is 0 Å². The number of benzene rings is 1. The number of sulfonamides is 1. The Morgan fingerprint density at radius 1 is 1.53 bits per heavy atom. The third-order valence-corrected chi connectivity index (χ3v) is 5.05. The molecule has 1 aromatic carbocycles. The second-order valence-electron chi connectivity index (χ2n) is 4.39. The van der Waals surface area contributed by atoms with Crippen LogP contribution in [0, 0.1) is 11.7 Å². The third kappa shape index (κ3) is 3.44. The number of anilines is 1. The average molecular weight is 353 g/mol. The summed E-state index contributed by atoms with van der Waals surface area (Å²) in [5, 5.41) is 0. The zero-order valence-electron chi connectivity index (χ0n) is 10.0. The second kappa shape index (κ2) is 5.74. The first-order valence-corrected chi connectivity index (χ1v) is 7.99. The molecule has 1 aliphatic rings. The van der Waals surface area contributed by atoms with Crippen molar-refractivity contribution < 1.29 is 17.5 Å². The van der Waals surface area contributed by atoms with E-state index in [0.717, 1.165) is 18.6 Å². The number of hydrogen-bond acceptors (Lipinski definition) is 4. The van der Waals surface area contributed by atoms with Crippen molar-refractivity contribution in [1.82, 2.24) is 4.72 Å². The molecule has 0 radical (unpaired) electrons. The Morgan fingerprint density at radius 3 is 2.89 bits per heavy atom. The Morgan fingerprint density at radius 2 is 2.26 bits per heavy atom. The first kappa shape index (κ1) is 14.7. The fourth-order valence-electron chi connectivity index (χ4n) is 1.80. The summed E-state index contributed by atoms with van der Waals surface area (Å²) in [7, 11) is -3.90. The Labute approximate surface area is 119 Å². The highest BCUT2D eigenvalue weighted by Gasteiger charge is 2.23. The number of halogens is 2. The minimum atomic E-state index is -3.90. The van der Waals surface area contributed by atoms with Crippen LogP contribution < -0.4 is 10.5 Å². The molecule has 1 atom stereocenters. The van der Waals surface area contributed by atoms with Crippen molar-refractivity contribution in [3.8, 4) is 0 Å². The molecule has 3 N–H and O–H groups in total. The van der Waals surface area contributed by atoms with Gasteiger partial charge < -0.3 is 10.5 Å². The van der Waals surface area contributed by atoms with Crippen LogP contribution in [0.1, 0.15) is 6.42 Å². The summed E-state index contributed by atoms with van der Waals surface area (Å²) in [5.74, 6) is -0.707. The lowest BCUT2D eigenvalue weighted by atomic mass is 10.1. The van der Waals surface area contributed by atoms with Gasteiger partial charge in [-0.15, -0.1) is 0 Å². The monoisotopic (exact) mass is 352 g/mol. The lowest BCUT2D eigenvalue weighted by molar-refractivity contribution is 0.186. The molecule has 0 saturated carbocycles. The van der Waals surface area contributed by atoms with Gasteiger partial charge >= 0.3 is 0 Å². The molecule has 0 aromatic heterocycles. The van der Waals surface area contributed by atoms with Crippen LogP contribution >= 0.6 is 15.9 Å². The molecule has 106 valence electrons. The van der Waals surface area contributed by atoms with Gasteiger partial charge in [0.25, 0.3) is 0 Å². The highest BCUT2D eigenvalue weighted by Crippen LogP contribution is 2.26. The average Bonchev–Trinajstić information content (AvgIpc) is 2.84. The first-order chi connectivity index (χ1) is 8.90. The smallest absolute Gasteiger partial charge is 0.243 e. The molecule has 1 saturated heterocycles. The van der Waals surface area contributed by atoms with Crippen LogP contribution in [0.25, 0.3) is 0 Å². The van der Waals surface area contributed by atoms with Crippen molar-refractivity contribution in [3.05, 3.63) is 22.4 Å². The van der Waals surface area contributed by atoms with E-state index in [1.54, 1.807) is 0 Å². The van der Waals surface area contributed by atoms with Gasteiger partial charge in [0.2, 0.25) is 10.0 Å². The molecule has 2 rings (SSSR count). The third-order valence-electron chi connectivity index (χ3n) is 2.93. The molecule has 1 fully saturated rings. The van der Waals surface area contributed by atoms with Crippen molar-refractivity contribution in [1.29, 1.82) is 0 Å². The number of hydrogen-bond donors (Lipinski definition) is 2. The molecule has 0 spiro atoms. The van der Waals surface area contributed by atoms with Crippen molar-refractivity contribution in [2.45, 2.75) is 11.3 Å². The fraction of sp³-hybridized carbons (Fsp3) is 0.455. The van der Waals surface area contributed by atoms with E-state index in [9.17, 15) is 12.8 Å². The van der Waals surface area contributed by atoms with Crippen molar-refractivity contribution in [2.24, 2.45) is 5.92 Å². The largest absolute Gasteiger partial charge is 0.398 e. The molecule has 1 aromatic rings. The predicted octanol–water partition coefficient (Wildman–Crippen LogP) is 1.49. The molecule has 0 amide bonds. The van der Waals surface area contributed by atoms with E-state index < -0.39 is 20.7 Å². The quantitative estimate of drug-likeness (QED) is 0.804. The zero-order valence-corrected chi connectivity index (χ0v) is 12.4. The van der Waals surface area contributed by atoms with E-state index in [0.29, 0.717) is 17.7 Å². The van der Waals surface area contributed by atoms with E-state index >= 15 is 0 Å². The Bertz CT molecular complexity index is 574. The fourth-order valence-corrected chi connectivity index (χ4v) is 3.32. The highest BCUT2D eigenvalue weighted by atomic mass is 79.9. The summed E-state index contributed by atoms with van der Waals surface area (Å²) < 4.78 is 45.6. The predicted molar refractivity (Wildman–Crippen MR) is 72.6 cm³/mol. The normalized spacial score (nSPS) is 19.8. The molecule has 1 heterocycles. The van der Waals surface area contributed by atoms with Crippen molar-refractivity contribution >= 4 is 31.6 Å². The number of ether oxygens (including phenoxy) is 1. The second-order valence-corrected chi connectivity index (χ2v) is 6.98. The van der Waals surface area contributed by atoms with Gasteiger partial charge in [-0.25, -0.2) is 17.5 Å². The maximum atomic E-state index is 13.7. The van der Waals surface area contributed by atoms with Gasteiger partial charge in [0, 0.05) is 23.3 Å². The van der Waals surface area contributed by atoms with Crippen LogP contribution in [0.15, 0.2) is 21.5 Å². The number of nitrogens with one attached hydrogen (secondary N) is 1. The molecule has 5 nitrogen and oxygen atoms in total. The van der Waals surface area contributed by atoms with E-state index in [1.165, 1.54) is 0 Å². The maximum Gasteiger partial charge on any atom is 0.243 e. The van der Waals surface area contributed by atoms with E-state index in [1.807, 2.05) is 0 Å². The molecule has 0 bridgehead atoms. The summed E-state index contributed by atoms with van der Waals surface area (Å²) in [6.45, 7) is 1.39. The van der Waals surface area contributed by atoms with E-state index in [4.69, 9.17) is 10.5 Å². The van der Waals surface area contributed by atoms with Gasteiger partial charge in [-0.1, -0.05) is 0 Å². The molecular weight excluding hydrogens is 339 g/mol. The van der Waals surface area contributed by atoms with E-state index in [2.05, 4.69) is 20.7 Å². The molecule has 8 heteroatoms. The minimum Gasteiger partial charge on any atom is -0.398 e. The SMILES string of the molecule is Nc1cc(S(=O)(=O)NCC2CCOC2)c(F)cc1Br.